The standard InChI is InChI=1S/C19H19N5O2/c1-2-8-23(7-1)9-10-24-13-20-15-12-14(5-6-16(15)24)18-21-19(26-22-18)17-4-3-11-25-17/h3-6,11-13H,1-2,7-10H2. The van der Waals surface area contributed by atoms with Gasteiger partial charge in [0.2, 0.25) is 5.82 Å². The molecule has 1 aliphatic heterocycles. The van der Waals surface area contributed by atoms with Crippen LogP contribution in [0.3, 0.4) is 0 Å². The normalized spacial score (nSPS) is 15.2. The molecule has 0 N–H and O–H groups in total. The Balaban J connectivity index is 1.38. The van der Waals surface area contributed by atoms with Crippen molar-refractivity contribution >= 4 is 11.0 Å². The zero-order valence-corrected chi connectivity index (χ0v) is 14.3. The maximum Gasteiger partial charge on any atom is 0.293 e. The summed E-state index contributed by atoms with van der Waals surface area (Å²) in [5.74, 6) is 1.47. The molecular weight excluding hydrogens is 330 g/mol. The molecule has 0 amide bonds. The number of hydrogen-bond donors (Lipinski definition) is 0. The zero-order chi connectivity index (χ0) is 17.3. The van der Waals surface area contributed by atoms with Gasteiger partial charge >= 0.3 is 0 Å². The van der Waals surface area contributed by atoms with E-state index in [0.29, 0.717) is 17.5 Å². The molecule has 7 heteroatoms. The molecule has 0 radical (unpaired) electrons. The van der Waals surface area contributed by atoms with Crippen LogP contribution in [0.2, 0.25) is 0 Å². The summed E-state index contributed by atoms with van der Waals surface area (Å²) in [5, 5.41) is 4.06. The van der Waals surface area contributed by atoms with Gasteiger partial charge in [0.25, 0.3) is 5.89 Å². The van der Waals surface area contributed by atoms with Gasteiger partial charge in [0.15, 0.2) is 5.76 Å². The Bertz CT molecular complexity index is 1010. The molecule has 0 saturated carbocycles. The highest BCUT2D eigenvalue weighted by atomic mass is 16.5. The molecular formula is C19H19N5O2. The maximum atomic E-state index is 5.30. The molecule has 0 unspecified atom stereocenters. The predicted molar refractivity (Wildman–Crippen MR) is 96.4 cm³/mol. The Kier molecular flexibility index (Phi) is 3.79. The van der Waals surface area contributed by atoms with E-state index < -0.39 is 0 Å². The van der Waals surface area contributed by atoms with Gasteiger partial charge in [0.1, 0.15) is 0 Å². The average Bonchev–Trinajstić information content (AvgIpc) is 3.47. The van der Waals surface area contributed by atoms with E-state index in [1.165, 1.54) is 25.9 Å². The number of hydrogen-bond acceptors (Lipinski definition) is 6. The lowest BCUT2D eigenvalue weighted by atomic mass is 10.2. The summed E-state index contributed by atoms with van der Waals surface area (Å²) in [7, 11) is 0. The Morgan fingerprint density at radius 2 is 2.00 bits per heavy atom. The Morgan fingerprint density at radius 1 is 1.08 bits per heavy atom. The fourth-order valence-electron chi connectivity index (χ4n) is 3.48. The molecule has 132 valence electrons. The Hall–Kier alpha value is -2.93. The van der Waals surface area contributed by atoms with Gasteiger partial charge in [0.05, 0.1) is 23.6 Å². The SMILES string of the molecule is c1coc(-c2nc(-c3ccc4c(c3)ncn4CCN3CCCC3)no2)c1. The highest BCUT2D eigenvalue weighted by Gasteiger charge is 2.15. The molecule has 3 aromatic heterocycles. The monoisotopic (exact) mass is 349 g/mol. The van der Waals surface area contributed by atoms with Crippen molar-refractivity contribution < 1.29 is 8.94 Å². The molecule has 4 aromatic rings. The van der Waals surface area contributed by atoms with Gasteiger partial charge < -0.3 is 18.4 Å². The van der Waals surface area contributed by atoms with Crippen LogP contribution in [0.25, 0.3) is 34.1 Å². The van der Waals surface area contributed by atoms with Crippen LogP contribution in [0.5, 0.6) is 0 Å². The molecule has 0 atom stereocenters. The van der Waals surface area contributed by atoms with Crippen molar-refractivity contribution in [3.8, 4) is 23.0 Å². The van der Waals surface area contributed by atoms with Gasteiger partial charge in [-0.15, -0.1) is 0 Å². The number of benzene rings is 1. The van der Waals surface area contributed by atoms with Crippen molar-refractivity contribution in [2.24, 2.45) is 0 Å². The Morgan fingerprint density at radius 3 is 2.85 bits per heavy atom. The number of aromatic nitrogens is 4. The van der Waals surface area contributed by atoms with E-state index >= 15 is 0 Å². The van der Waals surface area contributed by atoms with Crippen LogP contribution in [-0.4, -0.2) is 44.2 Å². The van der Waals surface area contributed by atoms with Gasteiger partial charge in [-0.2, -0.15) is 4.98 Å². The fraction of sp³-hybridized carbons (Fsp3) is 0.316. The van der Waals surface area contributed by atoms with E-state index in [0.717, 1.165) is 29.7 Å². The molecule has 26 heavy (non-hydrogen) atoms. The second-order valence-electron chi connectivity index (χ2n) is 6.59. The van der Waals surface area contributed by atoms with Crippen LogP contribution in [-0.2, 0) is 6.54 Å². The molecule has 1 aromatic carbocycles. The molecule has 4 heterocycles. The first-order valence-corrected chi connectivity index (χ1v) is 8.92. The van der Waals surface area contributed by atoms with Crippen molar-refractivity contribution in [3.05, 3.63) is 42.9 Å². The zero-order valence-electron chi connectivity index (χ0n) is 14.3. The van der Waals surface area contributed by atoms with Crippen molar-refractivity contribution in [3.63, 3.8) is 0 Å². The van der Waals surface area contributed by atoms with E-state index in [4.69, 9.17) is 8.94 Å². The van der Waals surface area contributed by atoms with Crippen molar-refractivity contribution in [2.75, 3.05) is 19.6 Å². The number of rotatable bonds is 5. The molecule has 0 bridgehead atoms. The first-order valence-electron chi connectivity index (χ1n) is 8.92. The summed E-state index contributed by atoms with van der Waals surface area (Å²) in [4.78, 5) is 11.5. The molecule has 0 aliphatic carbocycles. The molecule has 1 saturated heterocycles. The summed E-state index contributed by atoms with van der Waals surface area (Å²) in [5.41, 5.74) is 2.94. The van der Waals surface area contributed by atoms with Crippen molar-refractivity contribution in [1.29, 1.82) is 0 Å². The summed E-state index contributed by atoms with van der Waals surface area (Å²) >= 11 is 0. The first kappa shape index (κ1) is 15.3. The molecule has 0 spiro atoms. The highest BCUT2D eigenvalue weighted by molar-refractivity contribution is 5.80. The lowest BCUT2D eigenvalue weighted by molar-refractivity contribution is 0.324. The third-order valence-corrected chi connectivity index (χ3v) is 4.89. The second kappa shape index (κ2) is 6.42. The highest BCUT2D eigenvalue weighted by Crippen LogP contribution is 2.25. The minimum Gasteiger partial charge on any atom is -0.459 e. The van der Waals surface area contributed by atoms with Gasteiger partial charge in [-0.1, -0.05) is 5.16 Å². The van der Waals surface area contributed by atoms with Crippen LogP contribution in [0.4, 0.5) is 0 Å². The third-order valence-electron chi connectivity index (χ3n) is 4.89. The van der Waals surface area contributed by atoms with E-state index in [2.05, 4.69) is 30.7 Å². The van der Waals surface area contributed by atoms with E-state index in [1.54, 1.807) is 18.4 Å². The van der Waals surface area contributed by atoms with Crippen LogP contribution in [0.1, 0.15) is 12.8 Å². The summed E-state index contributed by atoms with van der Waals surface area (Å²) in [6.45, 7) is 4.46. The second-order valence-corrected chi connectivity index (χ2v) is 6.59. The number of likely N-dealkylation sites (tertiary alicyclic amines) is 1. The Labute approximate surface area is 150 Å². The van der Waals surface area contributed by atoms with Crippen molar-refractivity contribution in [2.45, 2.75) is 19.4 Å². The summed E-state index contributed by atoms with van der Waals surface area (Å²) in [6, 6.07) is 9.67. The van der Waals surface area contributed by atoms with Crippen LogP contribution in [0.15, 0.2) is 51.9 Å². The van der Waals surface area contributed by atoms with Crippen LogP contribution in [0, 0.1) is 0 Å². The quantitative estimate of drug-likeness (QED) is 0.549. The van der Waals surface area contributed by atoms with Crippen LogP contribution >= 0.6 is 0 Å². The van der Waals surface area contributed by atoms with Crippen molar-refractivity contribution in [1.82, 2.24) is 24.6 Å². The van der Waals surface area contributed by atoms with Gasteiger partial charge in [-0.25, -0.2) is 4.98 Å². The first-order chi connectivity index (χ1) is 12.9. The average molecular weight is 349 g/mol. The number of fused-ring (bicyclic) bond motifs is 1. The minimum atomic E-state index is 0.376. The van der Waals surface area contributed by atoms with Gasteiger partial charge in [-0.05, 0) is 56.3 Å². The smallest absolute Gasteiger partial charge is 0.293 e. The predicted octanol–water partition coefficient (Wildman–Crippen LogP) is 3.44. The number of furan rings is 1. The molecule has 1 fully saturated rings. The minimum absolute atomic E-state index is 0.376. The largest absolute Gasteiger partial charge is 0.459 e. The molecule has 1 aliphatic rings. The van der Waals surface area contributed by atoms with Gasteiger partial charge in [0, 0.05) is 18.7 Å². The summed E-state index contributed by atoms with van der Waals surface area (Å²) < 4.78 is 12.8. The molecule has 5 rings (SSSR count). The van der Waals surface area contributed by atoms with E-state index in [1.807, 2.05) is 18.5 Å². The van der Waals surface area contributed by atoms with Crippen LogP contribution < -0.4 is 0 Å². The van der Waals surface area contributed by atoms with Gasteiger partial charge in [-0.3, -0.25) is 0 Å². The third kappa shape index (κ3) is 2.80. The fourth-order valence-corrected chi connectivity index (χ4v) is 3.48. The summed E-state index contributed by atoms with van der Waals surface area (Å²) in [6.07, 6.45) is 6.13. The number of imidazole rings is 1. The van der Waals surface area contributed by atoms with E-state index in [9.17, 15) is 0 Å². The molecule has 7 nitrogen and oxygen atoms in total. The lowest BCUT2D eigenvalue weighted by Gasteiger charge is -2.14. The topological polar surface area (TPSA) is 73.1 Å². The maximum absolute atomic E-state index is 5.30. The number of nitrogens with zero attached hydrogens (tertiary/aromatic N) is 5. The lowest BCUT2D eigenvalue weighted by Crippen LogP contribution is -2.23. The van der Waals surface area contributed by atoms with E-state index in [-0.39, 0.29) is 0 Å².